The molecular weight excluding hydrogens is 568 g/mol. The molecule has 0 aromatic rings. The summed E-state index contributed by atoms with van der Waals surface area (Å²) in [7, 11) is 0. The van der Waals surface area contributed by atoms with E-state index in [1.54, 1.807) is 0 Å². The van der Waals surface area contributed by atoms with Gasteiger partial charge in [0.05, 0.1) is 106 Å². The van der Waals surface area contributed by atoms with Crippen molar-refractivity contribution in [2.75, 3.05) is 119 Å². The zero-order valence-electron chi connectivity index (χ0n) is 25.7. The predicted molar refractivity (Wildman–Crippen MR) is 155 cm³/mol. The number of ether oxygens (including phenoxy) is 8. The number of rotatable bonds is 31. The van der Waals surface area contributed by atoms with Gasteiger partial charge in [-0.3, -0.25) is 24.1 Å². The van der Waals surface area contributed by atoms with E-state index in [2.05, 4.69) is 5.32 Å². The van der Waals surface area contributed by atoms with Gasteiger partial charge in [0.25, 0.3) is 11.8 Å². The van der Waals surface area contributed by atoms with E-state index in [4.69, 9.17) is 37.9 Å². The van der Waals surface area contributed by atoms with Gasteiger partial charge in [0, 0.05) is 44.0 Å². The van der Waals surface area contributed by atoms with E-state index in [0.717, 1.165) is 4.90 Å². The Balaban J connectivity index is 1.68. The SMILES string of the molecule is CC(C)C(=O)CCOCCOCCOCCOCCOCCOCCOCCOCCNC(=O)CCN1C(=O)C=CC1=O. The van der Waals surface area contributed by atoms with E-state index in [1.807, 2.05) is 13.8 Å². The molecule has 1 N–H and O–H groups in total. The summed E-state index contributed by atoms with van der Waals surface area (Å²) in [6.07, 6.45) is 2.88. The smallest absolute Gasteiger partial charge is 0.253 e. The van der Waals surface area contributed by atoms with Crippen LogP contribution < -0.4 is 5.32 Å². The molecule has 0 unspecified atom stereocenters. The van der Waals surface area contributed by atoms with Crippen molar-refractivity contribution >= 4 is 23.5 Å². The molecule has 43 heavy (non-hydrogen) atoms. The Labute approximate surface area is 254 Å². The van der Waals surface area contributed by atoms with Crippen LogP contribution in [0.1, 0.15) is 26.7 Å². The largest absolute Gasteiger partial charge is 0.379 e. The van der Waals surface area contributed by atoms with Crippen molar-refractivity contribution in [1.82, 2.24) is 10.2 Å². The van der Waals surface area contributed by atoms with E-state index in [0.29, 0.717) is 119 Å². The van der Waals surface area contributed by atoms with Crippen molar-refractivity contribution in [3.63, 3.8) is 0 Å². The van der Waals surface area contributed by atoms with Gasteiger partial charge >= 0.3 is 0 Å². The number of carbonyl (C=O) groups excluding carboxylic acids is 4. The first-order chi connectivity index (χ1) is 20.9. The van der Waals surface area contributed by atoms with Crippen molar-refractivity contribution in [3.05, 3.63) is 12.2 Å². The highest BCUT2D eigenvalue weighted by molar-refractivity contribution is 6.13. The van der Waals surface area contributed by atoms with Crippen LogP contribution in [-0.4, -0.2) is 147 Å². The van der Waals surface area contributed by atoms with Crippen LogP contribution in [0, 0.1) is 5.92 Å². The molecule has 14 nitrogen and oxygen atoms in total. The van der Waals surface area contributed by atoms with Crippen LogP contribution >= 0.6 is 0 Å². The van der Waals surface area contributed by atoms with E-state index < -0.39 is 11.8 Å². The molecule has 0 atom stereocenters. The minimum absolute atomic E-state index is 0.0509. The van der Waals surface area contributed by atoms with Crippen LogP contribution in [-0.2, 0) is 57.1 Å². The number of nitrogens with zero attached hydrogens (tertiary/aromatic N) is 1. The summed E-state index contributed by atoms with van der Waals surface area (Å²) >= 11 is 0. The molecular formula is C29H50N2O12. The van der Waals surface area contributed by atoms with Gasteiger partial charge in [0.15, 0.2) is 0 Å². The highest BCUT2D eigenvalue weighted by atomic mass is 16.6. The third-order valence-corrected chi connectivity index (χ3v) is 5.77. The number of imide groups is 1. The molecule has 1 aliphatic heterocycles. The summed E-state index contributed by atoms with van der Waals surface area (Å²) in [6.45, 7) is 11.3. The number of hydrogen-bond acceptors (Lipinski definition) is 12. The molecule has 0 aromatic heterocycles. The number of carbonyl (C=O) groups is 4. The lowest BCUT2D eigenvalue weighted by Crippen LogP contribution is -2.35. The van der Waals surface area contributed by atoms with Crippen LogP contribution in [0.15, 0.2) is 12.2 Å². The van der Waals surface area contributed by atoms with Crippen molar-refractivity contribution in [2.24, 2.45) is 5.92 Å². The molecule has 3 amide bonds. The number of nitrogens with one attached hydrogen (secondary N) is 1. The summed E-state index contributed by atoms with van der Waals surface area (Å²) in [5.74, 6) is -0.788. The molecule has 1 rings (SSSR count). The first-order valence-electron chi connectivity index (χ1n) is 14.9. The fourth-order valence-electron chi connectivity index (χ4n) is 3.32. The Morgan fingerprint density at radius 1 is 0.581 bits per heavy atom. The fraction of sp³-hybridized carbons (Fsp3) is 0.793. The zero-order chi connectivity index (χ0) is 31.4. The van der Waals surface area contributed by atoms with Crippen LogP contribution in [0.3, 0.4) is 0 Å². The number of hydrogen-bond donors (Lipinski definition) is 1. The lowest BCUT2D eigenvalue weighted by Gasteiger charge is -2.13. The van der Waals surface area contributed by atoms with Crippen molar-refractivity contribution in [2.45, 2.75) is 26.7 Å². The Kier molecular flexibility index (Phi) is 24.6. The van der Waals surface area contributed by atoms with E-state index in [1.165, 1.54) is 12.2 Å². The monoisotopic (exact) mass is 618 g/mol. The second kappa shape index (κ2) is 27.3. The quantitative estimate of drug-likeness (QED) is 0.0831. The van der Waals surface area contributed by atoms with Crippen LogP contribution in [0.4, 0.5) is 0 Å². The van der Waals surface area contributed by atoms with Gasteiger partial charge in [-0.05, 0) is 0 Å². The van der Waals surface area contributed by atoms with Crippen LogP contribution in [0.5, 0.6) is 0 Å². The normalized spacial score (nSPS) is 13.0. The highest BCUT2D eigenvalue weighted by Crippen LogP contribution is 2.04. The molecule has 14 heteroatoms. The summed E-state index contributed by atoms with van der Waals surface area (Å²) < 4.78 is 43.3. The van der Waals surface area contributed by atoms with Gasteiger partial charge in [-0.2, -0.15) is 0 Å². The number of ketones is 1. The maximum Gasteiger partial charge on any atom is 0.253 e. The Bertz CT molecular complexity index is 775. The molecule has 1 aliphatic rings. The fourth-order valence-corrected chi connectivity index (χ4v) is 3.32. The number of Topliss-reactive ketones (excluding diaryl/α,β-unsaturated/α-hetero) is 1. The van der Waals surface area contributed by atoms with Crippen LogP contribution in [0.25, 0.3) is 0 Å². The van der Waals surface area contributed by atoms with Gasteiger partial charge < -0.3 is 43.2 Å². The summed E-state index contributed by atoms with van der Waals surface area (Å²) in [5.41, 5.74) is 0. The Hall–Kier alpha value is -2.30. The minimum atomic E-state index is -0.397. The molecule has 0 fully saturated rings. The standard InChI is InChI=1S/C29H50N2O12/c1-25(2)26(32)6-9-36-11-13-38-15-17-40-19-21-42-23-24-43-22-20-41-18-16-39-14-12-37-10-7-30-27(33)5-8-31-28(34)3-4-29(31)35/h3-4,25H,5-24H2,1-2H3,(H,30,33). The highest BCUT2D eigenvalue weighted by Gasteiger charge is 2.23. The first-order valence-corrected chi connectivity index (χ1v) is 14.9. The zero-order valence-corrected chi connectivity index (χ0v) is 25.7. The first kappa shape index (κ1) is 38.7. The average molecular weight is 619 g/mol. The van der Waals surface area contributed by atoms with Gasteiger partial charge in [0.2, 0.25) is 5.91 Å². The second-order valence-corrected chi connectivity index (χ2v) is 9.53. The molecule has 248 valence electrons. The molecule has 0 saturated heterocycles. The van der Waals surface area contributed by atoms with Crippen molar-refractivity contribution in [1.29, 1.82) is 0 Å². The topological polar surface area (TPSA) is 157 Å². The molecule has 0 bridgehead atoms. The molecule has 0 radical (unpaired) electrons. The Morgan fingerprint density at radius 2 is 0.930 bits per heavy atom. The van der Waals surface area contributed by atoms with Crippen molar-refractivity contribution < 1.29 is 57.1 Å². The molecule has 1 heterocycles. The lowest BCUT2D eigenvalue weighted by atomic mass is 10.1. The molecule has 0 spiro atoms. The maximum atomic E-state index is 11.8. The summed E-state index contributed by atoms with van der Waals surface area (Å²) in [4.78, 5) is 47.1. The van der Waals surface area contributed by atoms with E-state index >= 15 is 0 Å². The maximum absolute atomic E-state index is 11.8. The van der Waals surface area contributed by atoms with Gasteiger partial charge in [-0.25, -0.2) is 0 Å². The molecule has 0 saturated carbocycles. The van der Waals surface area contributed by atoms with E-state index in [-0.39, 0.29) is 30.6 Å². The second-order valence-electron chi connectivity index (χ2n) is 9.53. The molecule has 0 aliphatic carbocycles. The van der Waals surface area contributed by atoms with Crippen LogP contribution in [0.2, 0.25) is 0 Å². The van der Waals surface area contributed by atoms with Gasteiger partial charge in [-0.1, -0.05) is 13.8 Å². The molecule has 0 aromatic carbocycles. The lowest BCUT2D eigenvalue weighted by molar-refractivity contribution is -0.137. The average Bonchev–Trinajstić information content (AvgIpc) is 3.31. The van der Waals surface area contributed by atoms with Gasteiger partial charge in [0.1, 0.15) is 5.78 Å². The minimum Gasteiger partial charge on any atom is -0.379 e. The predicted octanol–water partition coefficient (Wildman–Crippen LogP) is 0.166. The summed E-state index contributed by atoms with van der Waals surface area (Å²) in [6, 6.07) is 0. The van der Waals surface area contributed by atoms with Gasteiger partial charge in [-0.15, -0.1) is 0 Å². The van der Waals surface area contributed by atoms with E-state index in [9.17, 15) is 19.2 Å². The third-order valence-electron chi connectivity index (χ3n) is 5.77. The summed E-state index contributed by atoms with van der Waals surface area (Å²) in [5, 5.41) is 2.67. The Morgan fingerprint density at radius 3 is 1.30 bits per heavy atom. The number of amides is 3. The van der Waals surface area contributed by atoms with Crippen molar-refractivity contribution in [3.8, 4) is 0 Å². The third kappa shape index (κ3) is 22.8.